The molecule has 1 aliphatic carbocycles. The minimum atomic E-state index is 0.00933. The molecule has 82 valence electrons. The highest BCUT2D eigenvalue weighted by molar-refractivity contribution is 4.84. The van der Waals surface area contributed by atoms with E-state index < -0.39 is 0 Å². The Morgan fingerprint density at radius 1 is 1.36 bits per heavy atom. The Morgan fingerprint density at radius 3 is 2.71 bits per heavy atom. The van der Waals surface area contributed by atoms with E-state index in [1.54, 1.807) is 7.11 Å². The van der Waals surface area contributed by atoms with Crippen molar-refractivity contribution in [2.75, 3.05) is 20.3 Å². The highest BCUT2D eigenvalue weighted by Gasteiger charge is 2.31. The maximum Gasteiger partial charge on any atom is 0.158 e. The van der Waals surface area contributed by atoms with Gasteiger partial charge in [0.05, 0.1) is 6.61 Å². The van der Waals surface area contributed by atoms with Gasteiger partial charge in [-0.25, -0.2) is 0 Å². The van der Waals surface area contributed by atoms with E-state index in [4.69, 9.17) is 9.47 Å². The average molecular weight is 199 g/mol. The molecule has 0 spiro atoms. The molecule has 1 saturated carbocycles. The summed E-state index contributed by atoms with van der Waals surface area (Å²) in [6.45, 7) is 4.18. The van der Waals surface area contributed by atoms with Crippen LogP contribution in [0.1, 0.15) is 32.6 Å². The second kappa shape index (κ2) is 4.60. The average Bonchev–Trinajstić information content (AvgIpc) is 2.26. The highest BCUT2D eigenvalue weighted by atomic mass is 16.7. The van der Waals surface area contributed by atoms with E-state index in [1.165, 1.54) is 19.3 Å². The lowest BCUT2D eigenvalue weighted by atomic mass is 9.90. The van der Waals surface area contributed by atoms with Crippen LogP contribution in [0.2, 0.25) is 0 Å². The van der Waals surface area contributed by atoms with E-state index in [9.17, 15) is 0 Å². The van der Waals surface area contributed by atoms with Gasteiger partial charge in [0, 0.05) is 32.2 Å². The van der Waals surface area contributed by atoms with Crippen molar-refractivity contribution < 1.29 is 9.47 Å². The monoisotopic (exact) mass is 199 g/mol. The molecule has 0 bridgehead atoms. The molecule has 0 amide bonds. The summed E-state index contributed by atoms with van der Waals surface area (Å²) in [5.41, 5.74) is 0. The maximum atomic E-state index is 5.61. The zero-order valence-electron chi connectivity index (χ0n) is 9.24. The van der Waals surface area contributed by atoms with Crippen LogP contribution in [0.3, 0.4) is 0 Å². The smallest absolute Gasteiger partial charge is 0.158 e. The van der Waals surface area contributed by atoms with Crippen LogP contribution in [-0.4, -0.2) is 43.5 Å². The van der Waals surface area contributed by atoms with Gasteiger partial charge < -0.3 is 9.47 Å². The van der Waals surface area contributed by atoms with Crippen molar-refractivity contribution in [3.05, 3.63) is 0 Å². The van der Waals surface area contributed by atoms with Crippen molar-refractivity contribution in [3.63, 3.8) is 0 Å². The van der Waals surface area contributed by atoms with Crippen molar-refractivity contribution in [2.24, 2.45) is 0 Å². The van der Waals surface area contributed by atoms with Gasteiger partial charge in [-0.1, -0.05) is 6.42 Å². The molecule has 1 unspecified atom stereocenters. The molecule has 2 fully saturated rings. The normalized spacial score (nSPS) is 36.4. The van der Waals surface area contributed by atoms with Gasteiger partial charge in [-0.15, -0.1) is 0 Å². The summed E-state index contributed by atoms with van der Waals surface area (Å²) in [5.74, 6) is 0. The van der Waals surface area contributed by atoms with Gasteiger partial charge in [-0.3, -0.25) is 4.90 Å². The highest BCUT2D eigenvalue weighted by Crippen LogP contribution is 2.28. The van der Waals surface area contributed by atoms with Crippen molar-refractivity contribution >= 4 is 0 Å². The minimum Gasteiger partial charge on any atom is -0.356 e. The summed E-state index contributed by atoms with van der Waals surface area (Å²) < 4.78 is 10.9. The molecular weight excluding hydrogens is 178 g/mol. The Bertz CT molecular complexity index is 182. The van der Waals surface area contributed by atoms with Gasteiger partial charge in [0.25, 0.3) is 0 Å². The summed E-state index contributed by atoms with van der Waals surface area (Å²) in [4.78, 5) is 2.60. The van der Waals surface area contributed by atoms with Crippen LogP contribution < -0.4 is 0 Å². The number of hydrogen-bond donors (Lipinski definition) is 0. The Kier molecular flexibility index (Phi) is 3.42. The molecule has 1 aliphatic heterocycles. The number of nitrogens with zero attached hydrogens (tertiary/aromatic N) is 1. The summed E-state index contributed by atoms with van der Waals surface area (Å²) in [7, 11) is 1.73. The third kappa shape index (κ3) is 2.10. The van der Waals surface area contributed by atoms with Gasteiger partial charge >= 0.3 is 0 Å². The van der Waals surface area contributed by atoms with Gasteiger partial charge in [-0.2, -0.15) is 0 Å². The predicted molar refractivity (Wildman–Crippen MR) is 55.2 cm³/mol. The molecule has 1 saturated heterocycles. The molecule has 0 aromatic rings. The molecule has 3 nitrogen and oxygen atoms in total. The number of methoxy groups -OCH3 is 1. The van der Waals surface area contributed by atoms with Gasteiger partial charge in [0.2, 0.25) is 0 Å². The first-order chi connectivity index (χ1) is 6.81. The summed E-state index contributed by atoms with van der Waals surface area (Å²) in [6.07, 6.45) is 5.18. The summed E-state index contributed by atoms with van der Waals surface area (Å²) in [5, 5.41) is 0. The summed E-state index contributed by atoms with van der Waals surface area (Å²) >= 11 is 0. The second-order valence-corrected chi connectivity index (χ2v) is 4.44. The first-order valence-corrected chi connectivity index (χ1v) is 5.71. The Morgan fingerprint density at radius 2 is 2.14 bits per heavy atom. The molecule has 3 heteroatoms. The molecule has 1 heterocycles. The minimum absolute atomic E-state index is 0.00933. The number of hydrogen-bond acceptors (Lipinski definition) is 3. The summed E-state index contributed by atoms with van der Waals surface area (Å²) in [6, 6.07) is 1.43. The zero-order chi connectivity index (χ0) is 9.97. The van der Waals surface area contributed by atoms with E-state index in [-0.39, 0.29) is 6.29 Å². The molecule has 0 radical (unpaired) electrons. The van der Waals surface area contributed by atoms with Crippen LogP contribution in [-0.2, 0) is 9.47 Å². The molecular formula is C11H21NO2. The quantitative estimate of drug-likeness (QED) is 0.674. The zero-order valence-corrected chi connectivity index (χ0v) is 9.24. The number of rotatable bonds is 2. The van der Waals surface area contributed by atoms with Crippen molar-refractivity contribution in [1.82, 2.24) is 4.90 Å². The van der Waals surface area contributed by atoms with E-state index in [0.29, 0.717) is 6.04 Å². The van der Waals surface area contributed by atoms with Crippen LogP contribution in [0.25, 0.3) is 0 Å². The van der Waals surface area contributed by atoms with Crippen molar-refractivity contribution in [1.29, 1.82) is 0 Å². The van der Waals surface area contributed by atoms with Crippen molar-refractivity contribution in [2.45, 2.75) is 51.0 Å². The Balaban J connectivity index is 1.90. The molecule has 14 heavy (non-hydrogen) atoms. The SMILES string of the molecule is CO[C@H]1CC(C)N(C2CCC2)CCO1. The molecule has 2 rings (SSSR count). The fourth-order valence-electron chi connectivity index (χ4n) is 2.42. The molecule has 2 aliphatic rings. The van der Waals surface area contributed by atoms with Crippen LogP contribution in [0.5, 0.6) is 0 Å². The Labute approximate surface area is 86.4 Å². The molecule has 0 aromatic heterocycles. The van der Waals surface area contributed by atoms with E-state index in [1.807, 2.05) is 0 Å². The van der Waals surface area contributed by atoms with Gasteiger partial charge in [0.1, 0.15) is 0 Å². The standard InChI is InChI=1S/C11H21NO2/c1-9-8-11(13-2)14-7-6-12(9)10-4-3-5-10/h9-11H,3-8H2,1-2H3/t9?,11-/m1/s1. The maximum absolute atomic E-state index is 5.61. The third-order valence-electron chi connectivity index (χ3n) is 3.56. The van der Waals surface area contributed by atoms with E-state index >= 15 is 0 Å². The largest absolute Gasteiger partial charge is 0.356 e. The van der Waals surface area contributed by atoms with Crippen LogP contribution in [0.4, 0.5) is 0 Å². The molecule has 0 aromatic carbocycles. The lowest BCUT2D eigenvalue weighted by Crippen LogP contribution is -2.46. The fraction of sp³-hybridized carbons (Fsp3) is 1.00. The van der Waals surface area contributed by atoms with Gasteiger partial charge in [0.15, 0.2) is 6.29 Å². The van der Waals surface area contributed by atoms with E-state index in [2.05, 4.69) is 11.8 Å². The van der Waals surface area contributed by atoms with Crippen LogP contribution in [0, 0.1) is 0 Å². The third-order valence-corrected chi connectivity index (χ3v) is 3.56. The lowest BCUT2D eigenvalue weighted by Gasteiger charge is -2.40. The van der Waals surface area contributed by atoms with E-state index in [0.717, 1.165) is 25.6 Å². The molecule has 2 atom stereocenters. The predicted octanol–water partition coefficient (Wildman–Crippen LogP) is 1.62. The lowest BCUT2D eigenvalue weighted by molar-refractivity contribution is -0.120. The first kappa shape index (κ1) is 10.4. The Hall–Kier alpha value is -0.120. The van der Waals surface area contributed by atoms with Crippen LogP contribution >= 0.6 is 0 Å². The van der Waals surface area contributed by atoms with Crippen LogP contribution in [0.15, 0.2) is 0 Å². The van der Waals surface area contributed by atoms with Gasteiger partial charge in [-0.05, 0) is 19.8 Å². The van der Waals surface area contributed by atoms with Crippen molar-refractivity contribution in [3.8, 4) is 0 Å². The first-order valence-electron chi connectivity index (χ1n) is 5.71. The fourth-order valence-corrected chi connectivity index (χ4v) is 2.42. The molecule has 0 N–H and O–H groups in total. The second-order valence-electron chi connectivity index (χ2n) is 4.44. The number of ether oxygens (including phenoxy) is 2. The topological polar surface area (TPSA) is 21.7 Å².